The van der Waals surface area contributed by atoms with Crippen molar-refractivity contribution in [3.05, 3.63) is 75.8 Å². The van der Waals surface area contributed by atoms with E-state index in [0.29, 0.717) is 29.8 Å². The number of carbonyl (C=O) groups excluding carboxylic acids is 1. The number of aromatic amines is 1. The normalized spacial score (nSPS) is 16.1. The molecule has 0 aliphatic carbocycles. The molecule has 1 amide bonds. The van der Waals surface area contributed by atoms with Gasteiger partial charge >= 0.3 is 0 Å². The Bertz CT molecular complexity index is 1070. The summed E-state index contributed by atoms with van der Waals surface area (Å²) in [4.78, 5) is 36.9. The molecule has 1 fully saturated rings. The average Bonchev–Trinajstić information content (AvgIpc) is 2.78. The third-order valence-electron chi connectivity index (χ3n) is 5.79. The topological polar surface area (TPSA) is 69.3 Å². The fourth-order valence-corrected chi connectivity index (χ4v) is 3.85. The number of fused-ring (bicyclic) bond motifs is 1. The average molecular weight is 390 g/mol. The fraction of sp³-hybridized carbons (Fsp3) is 0.348. The maximum atomic E-state index is 12.8. The smallest absolute Gasteiger partial charge is 0.258 e. The van der Waals surface area contributed by atoms with Crippen molar-refractivity contribution in [3.8, 4) is 0 Å². The van der Waals surface area contributed by atoms with Crippen LogP contribution in [0.25, 0.3) is 10.9 Å². The van der Waals surface area contributed by atoms with Gasteiger partial charge in [-0.3, -0.25) is 14.5 Å². The van der Waals surface area contributed by atoms with E-state index < -0.39 is 0 Å². The monoisotopic (exact) mass is 390 g/mol. The number of H-pyrrole nitrogens is 1. The van der Waals surface area contributed by atoms with Crippen molar-refractivity contribution in [1.29, 1.82) is 0 Å². The Balaban J connectivity index is 1.43. The van der Waals surface area contributed by atoms with Gasteiger partial charge in [0.1, 0.15) is 5.82 Å². The summed E-state index contributed by atoms with van der Waals surface area (Å²) >= 11 is 0. The first-order valence-corrected chi connectivity index (χ1v) is 10.2. The molecule has 0 radical (unpaired) electrons. The predicted molar refractivity (Wildman–Crippen MR) is 114 cm³/mol. The summed E-state index contributed by atoms with van der Waals surface area (Å²) in [6, 6.07) is 15.2. The summed E-state index contributed by atoms with van der Waals surface area (Å²) < 4.78 is 0. The molecule has 1 aromatic heterocycles. The minimum atomic E-state index is -0.109. The third kappa shape index (κ3) is 3.93. The lowest BCUT2D eigenvalue weighted by molar-refractivity contribution is 0.0575. The first-order valence-electron chi connectivity index (χ1n) is 10.2. The zero-order valence-corrected chi connectivity index (χ0v) is 16.9. The van der Waals surface area contributed by atoms with Crippen LogP contribution in [0.2, 0.25) is 0 Å². The van der Waals surface area contributed by atoms with Crippen LogP contribution >= 0.6 is 0 Å². The van der Waals surface area contributed by atoms with Gasteiger partial charge in [-0.2, -0.15) is 0 Å². The Labute approximate surface area is 170 Å². The predicted octanol–water partition coefficient (Wildman–Crippen LogP) is 3.00. The molecule has 6 nitrogen and oxygen atoms in total. The molecule has 1 saturated heterocycles. The van der Waals surface area contributed by atoms with Crippen LogP contribution in [-0.2, 0) is 6.42 Å². The highest BCUT2D eigenvalue weighted by atomic mass is 16.2. The SMILES string of the molecule is CCc1ccc(C(=O)N2CCN(C(C)c3nc4ccccc4c(=O)[nH]3)CC2)cc1. The van der Waals surface area contributed by atoms with Crippen molar-refractivity contribution in [2.75, 3.05) is 26.2 Å². The minimum absolute atomic E-state index is 0.0200. The summed E-state index contributed by atoms with van der Waals surface area (Å²) in [6.45, 7) is 6.98. The Hall–Kier alpha value is -2.99. The summed E-state index contributed by atoms with van der Waals surface area (Å²) in [5, 5.41) is 0.605. The molecule has 1 atom stereocenters. The lowest BCUT2D eigenvalue weighted by Gasteiger charge is -2.37. The van der Waals surface area contributed by atoms with Gasteiger partial charge in [0.05, 0.1) is 16.9 Å². The fourth-order valence-electron chi connectivity index (χ4n) is 3.85. The van der Waals surface area contributed by atoms with Gasteiger partial charge in [0.15, 0.2) is 0 Å². The highest BCUT2D eigenvalue weighted by Crippen LogP contribution is 2.20. The number of nitrogens with one attached hydrogen (secondary N) is 1. The Morgan fingerprint density at radius 2 is 1.76 bits per heavy atom. The zero-order valence-electron chi connectivity index (χ0n) is 16.9. The van der Waals surface area contributed by atoms with Crippen molar-refractivity contribution in [2.24, 2.45) is 0 Å². The van der Waals surface area contributed by atoms with E-state index in [1.165, 1.54) is 5.56 Å². The number of aryl methyl sites for hydroxylation is 1. The second kappa shape index (κ2) is 8.17. The highest BCUT2D eigenvalue weighted by Gasteiger charge is 2.26. The van der Waals surface area contributed by atoms with E-state index in [1.54, 1.807) is 6.07 Å². The van der Waals surface area contributed by atoms with Crippen LogP contribution in [0.3, 0.4) is 0 Å². The maximum Gasteiger partial charge on any atom is 0.258 e. The molecule has 3 aromatic rings. The number of aromatic nitrogens is 2. The van der Waals surface area contributed by atoms with Gasteiger partial charge in [0.2, 0.25) is 0 Å². The molecule has 0 saturated carbocycles. The van der Waals surface area contributed by atoms with Gasteiger partial charge in [-0.05, 0) is 43.2 Å². The van der Waals surface area contributed by atoms with E-state index in [1.807, 2.05) is 54.3 Å². The number of para-hydroxylation sites is 1. The lowest BCUT2D eigenvalue weighted by atomic mass is 10.1. The molecule has 0 bridgehead atoms. The van der Waals surface area contributed by atoms with E-state index in [2.05, 4.69) is 21.8 Å². The first kappa shape index (κ1) is 19.3. The Kier molecular flexibility index (Phi) is 5.45. The lowest BCUT2D eigenvalue weighted by Crippen LogP contribution is -2.49. The molecule has 6 heteroatoms. The van der Waals surface area contributed by atoms with E-state index in [4.69, 9.17) is 0 Å². The van der Waals surface area contributed by atoms with Gasteiger partial charge in [-0.1, -0.05) is 31.2 Å². The number of carbonyl (C=O) groups is 1. The second-order valence-electron chi connectivity index (χ2n) is 7.52. The van der Waals surface area contributed by atoms with E-state index in [-0.39, 0.29) is 17.5 Å². The van der Waals surface area contributed by atoms with Gasteiger partial charge < -0.3 is 9.88 Å². The number of amides is 1. The zero-order chi connectivity index (χ0) is 20.4. The molecule has 1 N–H and O–H groups in total. The molecule has 1 unspecified atom stereocenters. The maximum absolute atomic E-state index is 12.8. The molecule has 2 heterocycles. The third-order valence-corrected chi connectivity index (χ3v) is 5.79. The van der Waals surface area contributed by atoms with E-state index in [0.717, 1.165) is 25.1 Å². The summed E-state index contributed by atoms with van der Waals surface area (Å²) in [5.41, 5.74) is 2.57. The van der Waals surface area contributed by atoms with E-state index in [9.17, 15) is 9.59 Å². The van der Waals surface area contributed by atoms with E-state index >= 15 is 0 Å². The van der Waals surface area contributed by atoms with Gasteiger partial charge in [-0.15, -0.1) is 0 Å². The van der Waals surface area contributed by atoms with Crippen LogP contribution < -0.4 is 5.56 Å². The first-order chi connectivity index (χ1) is 14.1. The molecule has 2 aromatic carbocycles. The summed E-state index contributed by atoms with van der Waals surface area (Å²) in [5.74, 6) is 0.751. The molecule has 0 spiro atoms. The molecule has 1 aliphatic heterocycles. The summed E-state index contributed by atoms with van der Waals surface area (Å²) in [6.07, 6.45) is 0.968. The standard InChI is InChI=1S/C23H26N4O2/c1-3-17-8-10-18(11-9-17)23(29)27-14-12-26(13-15-27)16(2)21-24-20-7-5-4-6-19(20)22(28)25-21/h4-11,16H,3,12-15H2,1-2H3,(H,24,25,28). The van der Waals surface area contributed by atoms with Gasteiger partial charge in [-0.25, -0.2) is 4.98 Å². The van der Waals surface area contributed by atoms with Crippen molar-refractivity contribution in [1.82, 2.24) is 19.8 Å². The number of hydrogen-bond donors (Lipinski definition) is 1. The van der Waals surface area contributed by atoms with Crippen LogP contribution in [0, 0.1) is 0 Å². The van der Waals surface area contributed by atoms with Crippen LogP contribution in [-0.4, -0.2) is 51.9 Å². The number of piperazine rings is 1. The highest BCUT2D eigenvalue weighted by molar-refractivity contribution is 5.94. The largest absolute Gasteiger partial charge is 0.336 e. The molecular weight excluding hydrogens is 364 g/mol. The molecule has 4 rings (SSSR count). The van der Waals surface area contributed by atoms with Crippen LogP contribution in [0.1, 0.15) is 41.6 Å². The van der Waals surface area contributed by atoms with Crippen molar-refractivity contribution < 1.29 is 4.79 Å². The number of nitrogens with zero attached hydrogens (tertiary/aromatic N) is 3. The summed E-state index contributed by atoms with van der Waals surface area (Å²) in [7, 11) is 0. The van der Waals surface area contributed by atoms with Gasteiger partial charge in [0, 0.05) is 31.7 Å². The number of benzene rings is 2. The van der Waals surface area contributed by atoms with Crippen molar-refractivity contribution in [2.45, 2.75) is 26.3 Å². The van der Waals surface area contributed by atoms with Gasteiger partial charge in [0.25, 0.3) is 11.5 Å². The second-order valence-corrected chi connectivity index (χ2v) is 7.52. The quantitative estimate of drug-likeness (QED) is 0.744. The molecular formula is C23H26N4O2. The van der Waals surface area contributed by atoms with Crippen LogP contribution in [0.4, 0.5) is 0 Å². The molecule has 1 aliphatic rings. The van der Waals surface area contributed by atoms with Crippen molar-refractivity contribution >= 4 is 16.8 Å². The van der Waals surface area contributed by atoms with Crippen molar-refractivity contribution in [3.63, 3.8) is 0 Å². The molecule has 29 heavy (non-hydrogen) atoms. The Morgan fingerprint density at radius 3 is 2.45 bits per heavy atom. The minimum Gasteiger partial charge on any atom is -0.336 e. The van der Waals surface area contributed by atoms with Crippen LogP contribution in [0.15, 0.2) is 53.3 Å². The van der Waals surface area contributed by atoms with Crippen LogP contribution in [0.5, 0.6) is 0 Å². The Morgan fingerprint density at radius 1 is 1.07 bits per heavy atom. The number of rotatable bonds is 4. The number of hydrogen-bond acceptors (Lipinski definition) is 4. The molecule has 150 valence electrons.